The van der Waals surface area contributed by atoms with Crippen LogP contribution in [0.25, 0.3) is 0 Å². The van der Waals surface area contributed by atoms with Crippen molar-refractivity contribution in [2.45, 2.75) is 13.8 Å². The summed E-state index contributed by atoms with van der Waals surface area (Å²) in [4.78, 5) is 33.0. The Morgan fingerprint density at radius 2 is 1.89 bits per heavy atom. The number of hydrogen-bond donors (Lipinski definition) is 0. The Kier molecular flexibility index (Phi) is 4.52. The number of benzene rings is 1. The van der Waals surface area contributed by atoms with Gasteiger partial charge in [0.2, 0.25) is 0 Å². The molecule has 100 valence electrons. The monoisotopic (exact) mass is 263 g/mol. The number of ketones is 1. The summed E-state index contributed by atoms with van der Waals surface area (Å²) in [5, 5.41) is 10.9. The van der Waals surface area contributed by atoms with Gasteiger partial charge in [0.25, 0.3) is 5.69 Å². The van der Waals surface area contributed by atoms with E-state index in [1.807, 2.05) is 0 Å². The van der Waals surface area contributed by atoms with Gasteiger partial charge in [-0.1, -0.05) is 0 Å². The van der Waals surface area contributed by atoms with Crippen LogP contribution in [0.2, 0.25) is 0 Å². The van der Waals surface area contributed by atoms with Crippen LogP contribution < -0.4 is 0 Å². The first-order valence-corrected chi connectivity index (χ1v) is 5.42. The second kappa shape index (κ2) is 5.90. The molecule has 1 aromatic rings. The van der Waals surface area contributed by atoms with E-state index in [0.29, 0.717) is 11.1 Å². The van der Waals surface area contributed by atoms with E-state index in [1.165, 1.54) is 13.2 Å². The maximum absolute atomic E-state index is 11.8. The van der Waals surface area contributed by atoms with Crippen LogP contribution in [0.3, 0.4) is 0 Å². The summed E-state index contributed by atoms with van der Waals surface area (Å²) in [6, 6.07) is 2.75. The molecule has 0 amide bonds. The van der Waals surface area contributed by atoms with E-state index < -0.39 is 16.7 Å². The first-order chi connectivity index (χ1) is 8.86. The van der Waals surface area contributed by atoms with E-state index in [-0.39, 0.29) is 11.3 Å². The Morgan fingerprint density at radius 3 is 2.42 bits per heavy atom. The highest BCUT2D eigenvalue weighted by molar-refractivity contribution is 6.07. The van der Waals surface area contributed by atoms with Crippen molar-refractivity contribution < 1.29 is 19.2 Å². The molecular weight excluding hydrogens is 250 g/mol. The fraction of sp³-hybridized carbons (Fsp3) is 0.231. The van der Waals surface area contributed by atoms with E-state index >= 15 is 0 Å². The van der Waals surface area contributed by atoms with Crippen LogP contribution in [0.4, 0.5) is 5.69 Å². The van der Waals surface area contributed by atoms with Crippen LogP contribution in [0.15, 0.2) is 24.3 Å². The van der Waals surface area contributed by atoms with E-state index in [2.05, 4.69) is 4.74 Å². The molecule has 0 aliphatic carbocycles. The maximum Gasteiger partial charge on any atom is 0.330 e. The van der Waals surface area contributed by atoms with Gasteiger partial charge in [0.05, 0.1) is 12.0 Å². The van der Waals surface area contributed by atoms with Crippen LogP contribution in [0, 0.1) is 24.0 Å². The zero-order valence-electron chi connectivity index (χ0n) is 10.8. The molecule has 0 bridgehead atoms. The fourth-order valence-corrected chi connectivity index (χ4v) is 1.48. The zero-order chi connectivity index (χ0) is 14.6. The average molecular weight is 263 g/mol. The second-order valence-electron chi connectivity index (χ2n) is 3.92. The van der Waals surface area contributed by atoms with Gasteiger partial charge in [0, 0.05) is 23.3 Å². The van der Waals surface area contributed by atoms with Crippen molar-refractivity contribution in [2.75, 3.05) is 7.11 Å². The standard InChI is InChI=1S/C13H13NO5/c1-8-6-10(7-11(9(8)2)14(17)18)12(15)4-5-13(16)19-3/h4-7H,1-3H3/b5-4+. The Balaban J connectivity index is 3.15. The quantitative estimate of drug-likeness (QED) is 0.273. The second-order valence-corrected chi connectivity index (χ2v) is 3.92. The van der Waals surface area contributed by atoms with Crippen molar-refractivity contribution in [3.63, 3.8) is 0 Å². The van der Waals surface area contributed by atoms with Gasteiger partial charge in [-0.3, -0.25) is 14.9 Å². The van der Waals surface area contributed by atoms with Crippen molar-refractivity contribution in [1.82, 2.24) is 0 Å². The number of hydrogen-bond acceptors (Lipinski definition) is 5. The van der Waals surface area contributed by atoms with Gasteiger partial charge in [-0.15, -0.1) is 0 Å². The molecule has 0 spiro atoms. The van der Waals surface area contributed by atoms with Crippen molar-refractivity contribution in [2.24, 2.45) is 0 Å². The summed E-state index contributed by atoms with van der Waals surface area (Å²) < 4.78 is 4.36. The average Bonchev–Trinajstić information content (AvgIpc) is 2.37. The minimum atomic E-state index is -0.660. The minimum absolute atomic E-state index is 0.116. The summed E-state index contributed by atoms with van der Waals surface area (Å²) >= 11 is 0. The number of nitro benzene ring substituents is 1. The highest BCUT2D eigenvalue weighted by Gasteiger charge is 2.16. The Hall–Kier alpha value is -2.50. The van der Waals surface area contributed by atoms with Gasteiger partial charge in [-0.2, -0.15) is 0 Å². The third kappa shape index (κ3) is 3.48. The molecule has 0 fully saturated rings. The van der Waals surface area contributed by atoms with Crippen molar-refractivity contribution >= 4 is 17.4 Å². The third-order valence-corrected chi connectivity index (χ3v) is 2.69. The normalized spacial score (nSPS) is 10.5. The molecule has 0 N–H and O–H groups in total. The van der Waals surface area contributed by atoms with E-state index in [4.69, 9.17) is 0 Å². The smallest absolute Gasteiger partial charge is 0.330 e. The highest BCUT2D eigenvalue weighted by atomic mass is 16.6. The van der Waals surface area contributed by atoms with Gasteiger partial charge in [0.1, 0.15) is 0 Å². The number of carbonyl (C=O) groups excluding carboxylic acids is 2. The molecule has 1 aromatic carbocycles. The van der Waals surface area contributed by atoms with Crippen molar-refractivity contribution in [1.29, 1.82) is 0 Å². The first-order valence-electron chi connectivity index (χ1n) is 5.42. The fourth-order valence-electron chi connectivity index (χ4n) is 1.48. The number of rotatable bonds is 4. The highest BCUT2D eigenvalue weighted by Crippen LogP contribution is 2.23. The summed E-state index contributed by atoms with van der Waals surface area (Å²) in [5.74, 6) is -1.15. The predicted molar refractivity (Wildman–Crippen MR) is 68.1 cm³/mol. The Bertz CT molecular complexity index is 575. The molecular formula is C13H13NO5. The molecule has 0 aliphatic heterocycles. The summed E-state index contributed by atoms with van der Waals surface area (Å²) in [7, 11) is 1.19. The van der Waals surface area contributed by atoms with E-state index in [1.54, 1.807) is 19.9 Å². The lowest BCUT2D eigenvalue weighted by Crippen LogP contribution is -2.02. The molecule has 6 heteroatoms. The molecule has 0 aromatic heterocycles. The lowest BCUT2D eigenvalue weighted by Gasteiger charge is -2.04. The van der Waals surface area contributed by atoms with E-state index in [0.717, 1.165) is 12.2 Å². The van der Waals surface area contributed by atoms with Crippen molar-refractivity contribution in [3.8, 4) is 0 Å². The molecule has 19 heavy (non-hydrogen) atoms. The third-order valence-electron chi connectivity index (χ3n) is 2.69. The molecule has 0 aliphatic rings. The predicted octanol–water partition coefficient (Wildman–Crippen LogP) is 2.12. The van der Waals surface area contributed by atoms with Gasteiger partial charge in [0.15, 0.2) is 5.78 Å². The number of allylic oxidation sites excluding steroid dienone is 1. The van der Waals surface area contributed by atoms with Crippen LogP contribution in [-0.4, -0.2) is 23.8 Å². The van der Waals surface area contributed by atoms with Gasteiger partial charge in [-0.25, -0.2) is 4.79 Å². The lowest BCUT2D eigenvalue weighted by molar-refractivity contribution is -0.385. The van der Waals surface area contributed by atoms with Crippen LogP contribution in [-0.2, 0) is 9.53 Å². The van der Waals surface area contributed by atoms with Gasteiger partial charge >= 0.3 is 5.97 Å². The summed E-state index contributed by atoms with van der Waals surface area (Å²) in [6.07, 6.45) is 2.00. The molecule has 0 saturated heterocycles. The molecule has 0 saturated carbocycles. The first kappa shape index (κ1) is 14.6. The zero-order valence-corrected chi connectivity index (χ0v) is 10.8. The number of esters is 1. The van der Waals surface area contributed by atoms with Crippen LogP contribution in [0.1, 0.15) is 21.5 Å². The van der Waals surface area contributed by atoms with Crippen LogP contribution >= 0.6 is 0 Å². The maximum atomic E-state index is 11.8. The number of nitrogens with zero attached hydrogens (tertiary/aromatic N) is 1. The number of nitro groups is 1. The van der Waals surface area contributed by atoms with Crippen LogP contribution in [0.5, 0.6) is 0 Å². The SMILES string of the molecule is COC(=O)/C=C/C(=O)c1cc(C)c(C)c([N+](=O)[O-])c1. The number of aryl methyl sites for hydroxylation is 1. The molecule has 1 rings (SSSR count). The minimum Gasteiger partial charge on any atom is -0.466 e. The van der Waals surface area contributed by atoms with Gasteiger partial charge < -0.3 is 4.74 Å². The summed E-state index contributed by atoms with van der Waals surface area (Å²) in [5.41, 5.74) is 1.20. The van der Waals surface area contributed by atoms with Gasteiger partial charge in [-0.05, 0) is 31.6 Å². The largest absolute Gasteiger partial charge is 0.466 e. The topological polar surface area (TPSA) is 86.5 Å². The number of ether oxygens (including phenoxy) is 1. The molecule has 6 nitrogen and oxygen atoms in total. The molecule has 0 heterocycles. The lowest BCUT2D eigenvalue weighted by atomic mass is 10.0. The molecule has 0 unspecified atom stereocenters. The number of carbonyl (C=O) groups is 2. The summed E-state index contributed by atoms with van der Waals surface area (Å²) in [6.45, 7) is 3.30. The van der Waals surface area contributed by atoms with Crippen molar-refractivity contribution in [3.05, 3.63) is 51.1 Å². The number of methoxy groups -OCH3 is 1. The molecule has 0 radical (unpaired) electrons. The van der Waals surface area contributed by atoms with E-state index in [9.17, 15) is 19.7 Å². The Morgan fingerprint density at radius 1 is 1.26 bits per heavy atom. The molecule has 0 atom stereocenters. The Labute approximate surface area is 109 Å².